The molecule has 2 aromatic rings. The van der Waals surface area contributed by atoms with E-state index < -0.39 is 10.4 Å². The molecule has 144 valence electrons. The maximum absolute atomic E-state index is 12.7. The van der Waals surface area contributed by atoms with Crippen molar-refractivity contribution in [2.24, 2.45) is 5.92 Å². The number of hydrogen-bond donors (Lipinski definition) is 3. The van der Waals surface area contributed by atoms with E-state index in [0.717, 1.165) is 19.4 Å². The lowest BCUT2D eigenvalue weighted by molar-refractivity contribution is -0.932. The van der Waals surface area contributed by atoms with Crippen molar-refractivity contribution in [2.75, 3.05) is 32.6 Å². The third-order valence-corrected chi connectivity index (χ3v) is 5.41. The normalized spacial score (nSPS) is 24.2. The Bertz CT molecular complexity index is 982. The number of quaternary nitrogens is 1. The van der Waals surface area contributed by atoms with Gasteiger partial charge in [0.15, 0.2) is 5.65 Å². The summed E-state index contributed by atoms with van der Waals surface area (Å²) in [6.07, 6.45) is 3.88. The second-order valence-corrected chi connectivity index (χ2v) is 8.37. The van der Waals surface area contributed by atoms with Gasteiger partial charge < -0.3 is 10.2 Å². The first-order valence-electron chi connectivity index (χ1n) is 8.38. The number of nitrogens with zero attached hydrogens (tertiary/aromatic N) is 3. The number of piperidine rings is 1. The SMILES string of the molecule is Cc1nc2c(N)c[nH]n2c(=O)c1CC1CCC[N+](C)(COS(=O)(=O)O)C1. The van der Waals surface area contributed by atoms with Gasteiger partial charge in [-0.1, -0.05) is 0 Å². The number of aromatic nitrogens is 3. The number of hydrogen-bond acceptors (Lipinski definition) is 6. The Balaban J connectivity index is 1.80. The first-order valence-corrected chi connectivity index (χ1v) is 9.75. The predicted molar refractivity (Wildman–Crippen MR) is 94.8 cm³/mol. The number of aromatic amines is 1. The molecule has 11 heteroatoms. The molecule has 0 aliphatic carbocycles. The molecular formula is C15H24N5O5S+. The number of likely N-dealkylation sites (tertiary alicyclic amines) is 1. The van der Waals surface area contributed by atoms with Gasteiger partial charge in [-0.25, -0.2) is 4.98 Å². The molecule has 4 N–H and O–H groups in total. The molecule has 1 saturated heterocycles. The molecule has 0 spiro atoms. The Kier molecular flexibility index (Phi) is 4.82. The number of nitrogen functional groups attached to an aromatic ring is 1. The van der Waals surface area contributed by atoms with Crippen molar-refractivity contribution in [3.8, 4) is 0 Å². The number of aryl methyl sites for hydroxylation is 1. The second-order valence-electron chi connectivity index (χ2n) is 7.28. The summed E-state index contributed by atoms with van der Waals surface area (Å²) in [4.78, 5) is 17.2. The van der Waals surface area contributed by atoms with Crippen LogP contribution in [0.4, 0.5) is 5.69 Å². The summed E-state index contributed by atoms with van der Waals surface area (Å²) in [6.45, 7) is 3.05. The smallest absolute Gasteiger partial charge is 0.394 e. The predicted octanol–water partition coefficient (Wildman–Crippen LogP) is 0.0892. The van der Waals surface area contributed by atoms with E-state index in [1.54, 1.807) is 6.92 Å². The van der Waals surface area contributed by atoms with Crippen molar-refractivity contribution < 1.29 is 21.6 Å². The Labute approximate surface area is 151 Å². The van der Waals surface area contributed by atoms with E-state index in [-0.39, 0.29) is 18.2 Å². The number of rotatable bonds is 5. The molecule has 26 heavy (non-hydrogen) atoms. The molecular weight excluding hydrogens is 362 g/mol. The van der Waals surface area contributed by atoms with E-state index in [9.17, 15) is 13.2 Å². The Morgan fingerprint density at radius 2 is 2.27 bits per heavy atom. The minimum Gasteiger partial charge on any atom is -0.394 e. The second kappa shape index (κ2) is 6.65. The zero-order valence-electron chi connectivity index (χ0n) is 14.8. The number of anilines is 1. The summed E-state index contributed by atoms with van der Waals surface area (Å²) in [6, 6.07) is 0. The number of nitrogens with two attached hydrogens (primary N) is 1. The highest BCUT2D eigenvalue weighted by molar-refractivity contribution is 7.80. The molecule has 1 fully saturated rings. The van der Waals surface area contributed by atoms with E-state index in [2.05, 4.69) is 14.3 Å². The van der Waals surface area contributed by atoms with Crippen LogP contribution in [0.25, 0.3) is 5.65 Å². The van der Waals surface area contributed by atoms with Crippen LogP contribution in [-0.2, 0) is 21.0 Å². The molecule has 1 aliphatic rings. The standard InChI is InChI=1S/C15H23N5O5S/c1-10-12(15(21)19-14(18-10)13(16)7-17-19)6-11-4-3-5-20(2,8-11)9-25-26(22,23)24/h7,11H,3-6,8-9,16H2,1-2H3,(H-,17,18,21,22,23,24)/p+1. The molecule has 2 atom stereocenters. The van der Waals surface area contributed by atoms with Gasteiger partial charge in [0, 0.05) is 23.4 Å². The molecule has 2 unspecified atom stereocenters. The van der Waals surface area contributed by atoms with Crippen molar-refractivity contribution in [1.82, 2.24) is 14.6 Å². The lowest BCUT2D eigenvalue weighted by atomic mass is 9.90. The average molecular weight is 386 g/mol. The van der Waals surface area contributed by atoms with Crippen LogP contribution in [0.15, 0.2) is 11.0 Å². The number of nitrogens with one attached hydrogen (secondary N) is 1. The molecule has 0 radical (unpaired) electrons. The van der Waals surface area contributed by atoms with Crippen LogP contribution in [0.5, 0.6) is 0 Å². The fourth-order valence-electron chi connectivity index (χ4n) is 3.74. The highest BCUT2D eigenvalue weighted by Gasteiger charge is 2.33. The molecule has 3 rings (SSSR count). The van der Waals surface area contributed by atoms with Crippen molar-refractivity contribution in [2.45, 2.75) is 26.2 Å². The van der Waals surface area contributed by atoms with Gasteiger partial charge in [-0.05, 0) is 26.2 Å². The first-order chi connectivity index (χ1) is 12.1. The van der Waals surface area contributed by atoms with Crippen molar-refractivity contribution in [3.63, 3.8) is 0 Å². The zero-order chi connectivity index (χ0) is 19.1. The highest BCUT2D eigenvalue weighted by Crippen LogP contribution is 2.25. The van der Waals surface area contributed by atoms with Gasteiger partial charge in [-0.2, -0.15) is 17.1 Å². The highest BCUT2D eigenvalue weighted by atomic mass is 32.3. The van der Waals surface area contributed by atoms with Crippen LogP contribution < -0.4 is 11.3 Å². The Hall–Kier alpha value is -1.95. The summed E-state index contributed by atoms with van der Waals surface area (Å²) >= 11 is 0. The quantitative estimate of drug-likeness (QED) is 0.489. The van der Waals surface area contributed by atoms with Gasteiger partial charge in [0.25, 0.3) is 5.56 Å². The molecule has 3 heterocycles. The molecule has 0 bridgehead atoms. The summed E-state index contributed by atoms with van der Waals surface area (Å²) in [5.41, 5.74) is 7.75. The maximum atomic E-state index is 12.7. The molecule has 2 aromatic heterocycles. The van der Waals surface area contributed by atoms with Gasteiger partial charge >= 0.3 is 10.4 Å². The largest absolute Gasteiger partial charge is 0.401 e. The minimum atomic E-state index is -4.47. The molecule has 0 aromatic carbocycles. The van der Waals surface area contributed by atoms with E-state index in [1.165, 1.54) is 10.7 Å². The van der Waals surface area contributed by atoms with Crippen LogP contribution >= 0.6 is 0 Å². The van der Waals surface area contributed by atoms with Crippen molar-refractivity contribution in [3.05, 3.63) is 27.8 Å². The first kappa shape index (κ1) is 18.8. The topological polar surface area (TPSA) is 140 Å². The van der Waals surface area contributed by atoms with Gasteiger partial charge in [-0.15, -0.1) is 0 Å². The van der Waals surface area contributed by atoms with Crippen LogP contribution in [0.1, 0.15) is 24.1 Å². The Morgan fingerprint density at radius 3 is 2.96 bits per heavy atom. The van der Waals surface area contributed by atoms with Crippen molar-refractivity contribution in [1.29, 1.82) is 0 Å². The van der Waals surface area contributed by atoms with E-state index >= 15 is 0 Å². The van der Waals surface area contributed by atoms with E-state index in [0.29, 0.717) is 40.0 Å². The van der Waals surface area contributed by atoms with Crippen LogP contribution in [0.2, 0.25) is 0 Å². The zero-order valence-corrected chi connectivity index (χ0v) is 15.6. The molecule has 1 aliphatic heterocycles. The van der Waals surface area contributed by atoms with E-state index in [1.807, 2.05) is 7.05 Å². The number of fused-ring (bicyclic) bond motifs is 1. The molecule has 0 saturated carbocycles. The lowest BCUT2D eigenvalue weighted by Gasteiger charge is -2.40. The third-order valence-electron chi connectivity index (χ3n) is 5.01. The van der Waals surface area contributed by atoms with Gasteiger partial charge in [0.05, 0.1) is 25.8 Å². The van der Waals surface area contributed by atoms with Crippen LogP contribution in [0.3, 0.4) is 0 Å². The van der Waals surface area contributed by atoms with Crippen LogP contribution in [-0.4, -0.2) is 58.9 Å². The summed E-state index contributed by atoms with van der Waals surface area (Å²) < 4.78 is 36.8. The van der Waals surface area contributed by atoms with E-state index in [4.69, 9.17) is 10.3 Å². The number of H-pyrrole nitrogens is 1. The molecule has 10 nitrogen and oxygen atoms in total. The molecule has 0 amide bonds. The van der Waals surface area contributed by atoms with Gasteiger partial charge in [0.1, 0.15) is 0 Å². The van der Waals surface area contributed by atoms with Gasteiger partial charge in [-0.3, -0.25) is 14.4 Å². The fraction of sp³-hybridized carbons (Fsp3) is 0.600. The van der Waals surface area contributed by atoms with Crippen molar-refractivity contribution >= 4 is 21.7 Å². The summed E-state index contributed by atoms with van der Waals surface area (Å²) in [5.74, 6) is 0.178. The summed E-state index contributed by atoms with van der Waals surface area (Å²) in [5, 5.41) is 2.81. The maximum Gasteiger partial charge on any atom is 0.401 e. The monoisotopic (exact) mass is 386 g/mol. The average Bonchev–Trinajstić information content (AvgIpc) is 2.91. The summed E-state index contributed by atoms with van der Waals surface area (Å²) in [7, 11) is -2.59. The Morgan fingerprint density at radius 1 is 1.54 bits per heavy atom. The van der Waals surface area contributed by atoms with Gasteiger partial charge in [0.2, 0.25) is 6.73 Å². The fourth-order valence-corrected chi connectivity index (χ4v) is 4.13. The van der Waals surface area contributed by atoms with Crippen LogP contribution in [0, 0.1) is 12.8 Å². The third kappa shape index (κ3) is 3.90. The lowest BCUT2D eigenvalue weighted by Crippen LogP contribution is -2.53. The minimum absolute atomic E-state index is 0.127.